The highest BCUT2D eigenvalue weighted by molar-refractivity contribution is 7.99. The fourth-order valence-electron chi connectivity index (χ4n) is 1.68. The number of halogens is 1. The molecule has 19 heavy (non-hydrogen) atoms. The average molecular weight is 278 g/mol. The SMILES string of the molecule is Nc1ccc(=O)n(CCCSc2ccc(F)cc2)c1. The fraction of sp³-hybridized carbons (Fsp3) is 0.214. The quantitative estimate of drug-likeness (QED) is 0.676. The molecule has 1 aromatic heterocycles. The summed E-state index contributed by atoms with van der Waals surface area (Å²) in [7, 11) is 0. The second-order valence-corrected chi connectivity index (χ2v) is 5.32. The summed E-state index contributed by atoms with van der Waals surface area (Å²) in [6, 6.07) is 9.49. The van der Waals surface area contributed by atoms with Crippen LogP contribution in [0.3, 0.4) is 0 Å². The number of hydrogen-bond acceptors (Lipinski definition) is 3. The van der Waals surface area contributed by atoms with Gasteiger partial charge in [0.15, 0.2) is 0 Å². The summed E-state index contributed by atoms with van der Waals surface area (Å²) in [6.07, 6.45) is 2.51. The van der Waals surface area contributed by atoms with Gasteiger partial charge in [-0.25, -0.2) is 4.39 Å². The van der Waals surface area contributed by atoms with E-state index in [1.54, 1.807) is 40.7 Å². The van der Waals surface area contributed by atoms with E-state index < -0.39 is 0 Å². The molecule has 0 saturated carbocycles. The summed E-state index contributed by atoms with van der Waals surface area (Å²) in [6.45, 7) is 0.637. The molecule has 2 aromatic rings. The zero-order valence-electron chi connectivity index (χ0n) is 10.4. The van der Waals surface area contributed by atoms with Crippen LogP contribution in [0.5, 0.6) is 0 Å². The second kappa shape index (κ2) is 6.43. The van der Waals surface area contributed by atoms with Crippen molar-refractivity contribution in [2.45, 2.75) is 17.9 Å². The maximum atomic E-state index is 12.7. The van der Waals surface area contributed by atoms with Gasteiger partial charge in [-0.3, -0.25) is 4.79 Å². The minimum atomic E-state index is -0.226. The molecule has 100 valence electrons. The number of pyridine rings is 1. The van der Waals surface area contributed by atoms with Crippen LogP contribution in [0.1, 0.15) is 6.42 Å². The van der Waals surface area contributed by atoms with Crippen LogP contribution in [0, 0.1) is 5.82 Å². The van der Waals surface area contributed by atoms with Gasteiger partial charge in [-0.2, -0.15) is 0 Å². The minimum absolute atomic E-state index is 0.0408. The zero-order valence-corrected chi connectivity index (χ0v) is 11.2. The molecule has 2 N–H and O–H groups in total. The van der Waals surface area contributed by atoms with E-state index in [0.29, 0.717) is 12.2 Å². The van der Waals surface area contributed by atoms with Crippen LogP contribution in [-0.4, -0.2) is 10.3 Å². The molecular formula is C14H15FN2OS. The predicted octanol–water partition coefficient (Wildman–Crippen LogP) is 2.75. The maximum absolute atomic E-state index is 12.7. The van der Waals surface area contributed by atoms with E-state index in [1.165, 1.54) is 18.2 Å². The van der Waals surface area contributed by atoms with Crippen molar-refractivity contribution < 1.29 is 4.39 Å². The van der Waals surface area contributed by atoms with Gasteiger partial charge in [0, 0.05) is 29.4 Å². The number of aryl methyl sites for hydroxylation is 1. The van der Waals surface area contributed by atoms with Gasteiger partial charge >= 0.3 is 0 Å². The Morgan fingerprint density at radius 3 is 2.63 bits per heavy atom. The van der Waals surface area contributed by atoms with Crippen LogP contribution >= 0.6 is 11.8 Å². The number of nitrogen functional groups attached to an aromatic ring is 1. The standard InChI is InChI=1S/C14H15FN2OS/c15-11-2-5-13(6-3-11)19-9-1-8-17-10-12(16)4-7-14(17)18/h2-7,10H,1,8-9,16H2. The molecule has 0 fully saturated rings. The Morgan fingerprint density at radius 1 is 1.16 bits per heavy atom. The Balaban J connectivity index is 1.82. The van der Waals surface area contributed by atoms with E-state index in [0.717, 1.165) is 17.1 Å². The molecular weight excluding hydrogens is 263 g/mol. The summed E-state index contributed by atoms with van der Waals surface area (Å²) < 4.78 is 14.3. The highest BCUT2D eigenvalue weighted by Crippen LogP contribution is 2.18. The number of nitrogens with two attached hydrogens (primary N) is 1. The molecule has 3 nitrogen and oxygen atoms in total. The number of thioether (sulfide) groups is 1. The normalized spacial score (nSPS) is 10.6. The first-order valence-electron chi connectivity index (χ1n) is 5.99. The number of nitrogens with zero attached hydrogens (tertiary/aromatic N) is 1. The smallest absolute Gasteiger partial charge is 0.250 e. The molecule has 0 amide bonds. The molecule has 0 unspecified atom stereocenters. The van der Waals surface area contributed by atoms with Crippen LogP contribution in [0.25, 0.3) is 0 Å². The highest BCUT2D eigenvalue weighted by atomic mass is 32.2. The lowest BCUT2D eigenvalue weighted by atomic mass is 10.3. The Labute approximate surface area is 115 Å². The third kappa shape index (κ3) is 4.13. The molecule has 0 aliphatic rings. The molecule has 1 aromatic carbocycles. The van der Waals surface area contributed by atoms with E-state index in [9.17, 15) is 9.18 Å². The molecule has 5 heteroatoms. The van der Waals surface area contributed by atoms with E-state index in [1.807, 2.05) is 0 Å². The first kappa shape index (κ1) is 13.7. The van der Waals surface area contributed by atoms with Gasteiger partial charge in [0.2, 0.25) is 0 Å². The third-order valence-corrected chi connectivity index (χ3v) is 3.73. The zero-order chi connectivity index (χ0) is 13.7. The average Bonchev–Trinajstić information content (AvgIpc) is 2.40. The van der Waals surface area contributed by atoms with Gasteiger partial charge in [0.25, 0.3) is 5.56 Å². The van der Waals surface area contributed by atoms with Gasteiger partial charge < -0.3 is 10.3 Å². The van der Waals surface area contributed by atoms with Crippen molar-refractivity contribution in [3.8, 4) is 0 Å². The summed E-state index contributed by atoms with van der Waals surface area (Å²) >= 11 is 1.65. The van der Waals surface area contributed by atoms with Crippen LogP contribution in [0.15, 0.2) is 52.3 Å². The molecule has 0 atom stereocenters. The van der Waals surface area contributed by atoms with Crippen molar-refractivity contribution in [2.75, 3.05) is 11.5 Å². The molecule has 2 rings (SSSR count). The molecule has 0 aliphatic heterocycles. The van der Waals surface area contributed by atoms with Crippen LogP contribution in [0.4, 0.5) is 10.1 Å². The van der Waals surface area contributed by atoms with Gasteiger partial charge in [-0.05, 0) is 42.5 Å². The lowest BCUT2D eigenvalue weighted by Crippen LogP contribution is -2.19. The Bertz CT molecular complexity index is 595. The molecule has 0 spiro atoms. The topological polar surface area (TPSA) is 48.0 Å². The molecule has 0 bridgehead atoms. The predicted molar refractivity (Wildman–Crippen MR) is 76.9 cm³/mol. The lowest BCUT2D eigenvalue weighted by molar-refractivity contribution is 0.626. The minimum Gasteiger partial charge on any atom is -0.398 e. The first-order valence-corrected chi connectivity index (χ1v) is 6.98. The number of anilines is 1. The monoisotopic (exact) mass is 278 g/mol. The van der Waals surface area contributed by atoms with Crippen LogP contribution in [0.2, 0.25) is 0 Å². The Kier molecular flexibility index (Phi) is 4.63. The van der Waals surface area contributed by atoms with Gasteiger partial charge in [0.1, 0.15) is 5.82 Å². The largest absolute Gasteiger partial charge is 0.398 e. The van der Waals surface area contributed by atoms with Crippen molar-refractivity contribution in [2.24, 2.45) is 0 Å². The van der Waals surface area contributed by atoms with Crippen LogP contribution < -0.4 is 11.3 Å². The molecule has 0 radical (unpaired) electrons. The van der Waals surface area contributed by atoms with Crippen LogP contribution in [-0.2, 0) is 6.54 Å². The summed E-state index contributed by atoms with van der Waals surface area (Å²) in [5, 5.41) is 0. The number of rotatable bonds is 5. The van der Waals surface area contributed by atoms with Crippen molar-refractivity contribution in [1.29, 1.82) is 0 Å². The Morgan fingerprint density at radius 2 is 1.89 bits per heavy atom. The lowest BCUT2D eigenvalue weighted by Gasteiger charge is -2.06. The van der Waals surface area contributed by atoms with Gasteiger partial charge in [-0.15, -0.1) is 11.8 Å². The molecule has 1 heterocycles. The third-order valence-electron chi connectivity index (χ3n) is 2.63. The van der Waals surface area contributed by atoms with Crippen molar-refractivity contribution >= 4 is 17.4 Å². The van der Waals surface area contributed by atoms with E-state index in [-0.39, 0.29) is 11.4 Å². The first-order chi connectivity index (χ1) is 9.15. The van der Waals surface area contributed by atoms with Gasteiger partial charge in [-0.1, -0.05) is 0 Å². The molecule has 0 aliphatic carbocycles. The Hall–Kier alpha value is -1.75. The molecule has 0 saturated heterocycles. The van der Waals surface area contributed by atoms with E-state index >= 15 is 0 Å². The summed E-state index contributed by atoms with van der Waals surface area (Å²) in [5.74, 6) is 0.642. The van der Waals surface area contributed by atoms with E-state index in [2.05, 4.69) is 0 Å². The van der Waals surface area contributed by atoms with Crippen molar-refractivity contribution in [1.82, 2.24) is 4.57 Å². The number of hydrogen-bond donors (Lipinski definition) is 1. The fourth-order valence-corrected chi connectivity index (χ4v) is 2.52. The second-order valence-electron chi connectivity index (χ2n) is 4.15. The number of benzene rings is 1. The summed E-state index contributed by atoms with van der Waals surface area (Å²) in [4.78, 5) is 12.6. The highest BCUT2D eigenvalue weighted by Gasteiger charge is 1.98. The van der Waals surface area contributed by atoms with E-state index in [4.69, 9.17) is 5.73 Å². The number of aromatic nitrogens is 1. The summed E-state index contributed by atoms with van der Waals surface area (Å²) in [5.41, 5.74) is 6.18. The van der Waals surface area contributed by atoms with Crippen molar-refractivity contribution in [3.63, 3.8) is 0 Å². The van der Waals surface area contributed by atoms with Gasteiger partial charge in [0.05, 0.1) is 0 Å². The maximum Gasteiger partial charge on any atom is 0.250 e. The van der Waals surface area contributed by atoms with Crippen molar-refractivity contribution in [3.05, 3.63) is 58.8 Å².